The highest BCUT2D eigenvalue weighted by Crippen LogP contribution is 2.65. The third-order valence-corrected chi connectivity index (χ3v) is 7.44. The lowest BCUT2D eigenvalue weighted by atomic mass is 9.79. The number of carbonyl (C=O) groups is 2. The molecule has 7 unspecified atom stereocenters. The molecule has 0 radical (unpaired) electrons. The second-order valence-electron chi connectivity index (χ2n) is 9.23. The van der Waals surface area contributed by atoms with E-state index in [4.69, 9.17) is 4.74 Å². The summed E-state index contributed by atoms with van der Waals surface area (Å²) in [7, 11) is 0. The Kier molecular flexibility index (Phi) is 3.09. The highest BCUT2D eigenvalue weighted by molar-refractivity contribution is 6.05. The van der Waals surface area contributed by atoms with Gasteiger partial charge in [0.2, 0.25) is 0 Å². The Bertz CT molecular complexity index is 616. The maximum atomic E-state index is 13.0. The van der Waals surface area contributed by atoms with Crippen molar-refractivity contribution in [3.05, 3.63) is 11.6 Å². The zero-order chi connectivity index (χ0) is 16.7. The summed E-state index contributed by atoms with van der Waals surface area (Å²) in [5, 5.41) is 0. The summed E-state index contributed by atoms with van der Waals surface area (Å²) in [5.41, 5.74) is 0.902. The summed E-state index contributed by atoms with van der Waals surface area (Å²) in [4.78, 5) is 25.6. The molecule has 0 N–H and O–H groups in total. The lowest BCUT2D eigenvalue weighted by Gasteiger charge is -2.20. The first kappa shape index (κ1) is 15.6. The molecule has 2 saturated carbocycles. The molecule has 23 heavy (non-hydrogen) atoms. The van der Waals surface area contributed by atoms with Crippen LogP contribution in [-0.2, 0) is 14.3 Å². The Morgan fingerprint density at radius 3 is 2.57 bits per heavy atom. The van der Waals surface area contributed by atoms with Crippen LogP contribution in [0, 0.1) is 35.0 Å². The van der Waals surface area contributed by atoms with Crippen LogP contribution in [0.3, 0.4) is 0 Å². The molecule has 0 aromatic heterocycles. The summed E-state index contributed by atoms with van der Waals surface area (Å²) in [6, 6.07) is 0. The van der Waals surface area contributed by atoms with Gasteiger partial charge in [0.15, 0.2) is 5.78 Å². The monoisotopic (exact) mass is 316 g/mol. The standard InChI is InChI=1S/C20H28O3/c1-10-8-12-15(17(10)22)18-20(5,23-18)7-6-13-14(19(13,3)4)9-11(2)16(12)21/h8,11-15,18H,6-7,9H2,1-5H3. The van der Waals surface area contributed by atoms with Crippen molar-refractivity contribution in [3.8, 4) is 0 Å². The Hall–Kier alpha value is -0.960. The molecule has 0 spiro atoms. The molecule has 4 aliphatic rings. The maximum Gasteiger partial charge on any atom is 0.165 e. The van der Waals surface area contributed by atoms with Crippen LogP contribution >= 0.6 is 0 Å². The molecular formula is C20H28O3. The van der Waals surface area contributed by atoms with Gasteiger partial charge in [0.05, 0.1) is 17.6 Å². The number of carbonyl (C=O) groups excluding carboxylic acids is 2. The molecular weight excluding hydrogens is 288 g/mol. The van der Waals surface area contributed by atoms with Gasteiger partial charge < -0.3 is 4.74 Å². The Balaban J connectivity index is 1.67. The van der Waals surface area contributed by atoms with Crippen LogP contribution in [0.4, 0.5) is 0 Å². The van der Waals surface area contributed by atoms with E-state index in [0.29, 0.717) is 17.3 Å². The van der Waals surface area contributed by atoms with Gasteiger partial charge in [0.1, 0.15) is 5.78 Å². The fourth-order valence-electron chi connectivity index (χ4n) is 5.54. The zero-order valence-electron chi connectivity index (χ0n) is 14.9. The van der Waals surface area contributed by atoms with Crippen LogP contribution in [0.1, 0.15) is 53.9 Å². The summed E-state index contributed by atoms with van der Waals surface area (Å²) in [5.74, 6) is 1.23. The molecule has 3 aliphatic carbocycles. The number of fused-ring (bicyclic) bond motifs is 4. The minimum Gasteiger partial charge on any atom is -0.366 e. The van der Waals surface area contributed by atoms with Gasteiger partial charge in [0, 0.05) is 11.8 Å². The Morgan fingerprint density at radius 2 is 1.87 bits per heavy atom. The number of Topliss-reactive ketones (excluding diaryl/α,β-unsaturated/α-hetero) is 2. The van der Waals surface area contributed by atoms with E-state index in [1.807, 2.05) is 13.0 Å². The van der Waals surface area contributed by atoms with Crippen LogP contribution in [-0.4, -0.2) is 23.3 Å². The van der Waals surface area contributed by atoms with E-state index in [1.54, 1.807) is 0 Å². The van der Waals surface area contributed by atoms with Crippen LogP contribution in [0.15, 0.2) is 11.6 Å². The second kappa shape index (κ2) is 4.56. The van der Waals surface area contributed by atoms with Gasteiger partial charge in [-0.25, -0.2) is 0 Å². The SMILES string of the molecule is CC1=CC2C(=O)C(C)CC3C(CCC4(C)OC4C2C1=O)C3(C)C. The van der Waals surface area contributed by atoms with E-state index in [2.05, 4.69) is 27.7 Å². The molecule has 3 fully saturated rings. The third kappa shape index (κ3) is 2.12. The van der Waals surface area contributed by atoms with Crippen molar-refractivity contribution >= 4 is 11.6 Å². The number of ketones is 2. The van der Waals surface area contributed by atoms with Crippen LogP contribution in [0.2, 0.25) is 0 Å². The highest BCUT2D eigenvalue weighted by Gasteiger charge is 2.65. The minimum atomic E-state index is -0.266. The number of epoxide rings is 1. The summed E-state index contributed by atoms with van der Waals surface area (Å²) in [6.07, 6.45) is 5.00. The molecule has 7 atom stereocenters. The van der Waals surface area contributed by atoms with Crippen LogP contribution in [0.5, 0.6) is 0 Å². The van der Waals surface area contributed by atoms with E-state index in [1.165, 1.54) is 0 Å². The van der Waals surface area contributed by atoms with Crippen molar-refractivity contribution < 1.29 is 14.3 Å². The van der Waals surface area contributed by atoms with E-state index < -0.39 is 0 Å². The van der Waals surface area contributed by atoms with E-state index >= 15 is 0 Å². The minimum absolute atomic E-state index is 0.0369. The van der Waals surface area contributed by atoms with Gasteiger partial charge in [-0.05, 0) is 55.9 Å². The lowest BCUT2D eigenvalue weighted by molar-refractivity contribution is -0.130. The molecule has 0 aromatic rings. The molecule has 0 bridgehead atoms. The zero-order valence-corrected chi connectivity index (χ0v) is 14.9. The van der Waals surface area contributed by atoms with Crippen molar-refractivity contribution in [3.63, 3.8) is 0 Å². The summed E-state index contributed by atoms with van der Waals surface area (Å²) in [6.45, 7) is 10.7. The normalized spacial score (nSPS) is 51.1. The Morgan fingerprint density at radius 1 is 1.17 bits per heavy atom. The highest BCUT2D eigenvalue weighted by atomic mass is 16.6. The molecule has 1 heterocycles. The molecule has 1 aliphatic heterocycles. The topological polar surface area (TPSA) is 46.7 Å². The van der Waals surface area contributed by atoms with E-state index in [-0.39, 0.29) is 41.0 Å². The van der Waals surface area contributed by atoms with Gasteiger partial charge in [-0.1, -0.05) is 26.8 Å². The first-order valence-electron chi connectivity index (χ1n) is 9.11. The van der Waals surface area contributed by atoms with Crippen molar-refractivity contribution in [1.29, 1.82) is 0 Å². The van der Waals surface area contributed by atoms with Gasteiger partial charge in [-0.2, -0.15) is 0 Å². The predicted octanol–water partition coefficient (Wildman–Crippen LogP) is 3.57. The van der Waals surface area contributed by atoms with Crippen molar-refractivity contribution in [2.45, 2.75) is 65.6 Å². The lowest BCUT2D eigenvalue weighted by Crippen LogP contribution is -2.34. The number of hydrogen-bond donors (Lipinski definition) is 0. The predicted molar refractivity (Wildman–Crippen MR) is 87.8 cm³/mol. The van der Waals surface area contributed by atoms with Crippen LogP contribution in [0.25, 0.3) is 0 Å². The smallest absolute Gasteiger partial charge is 0.165 e. The number of ether oxygens (including phenoxy) is 1. The first-order valence-corrected chi connectivity index (χ1v) is 9.11. The molecule has 3 nitrogen and oxygen atoms in total. The number of rotatable bonds is 0. The summed E-state index contributed by atoms with van der Waals surface area (Å²) >= 11 is 0. The van der Waals surface area contributed by atoms with Gasteiger partial charge in [-0.15, -0.1) is 0 Å². The van der Waals surface area contributed by atoms with Crippen molar-refractivity contribution in [2.75, 3.05) is 0 Å². The van der Waals surface area contributed by atoms with Crippen molar-refractivity contribution in [2.24, 2.45) is 35.0 Å². The third-order valence-electron chi connectivity index (χ3n) is 7.44. The Labute approximate surface area is 138 Å². The van der Waals surface area contributed by atoms with Crippen LogP contribution < -0.4 is 0 Å². The van der Waals surface area contributed by atoms with Crippen molar-refractivity contribution in [1.82, 2.24) is 0 Å². The number of hydrogen-bond acceptors (Lipinski definition) is 3. The van der Waals surface area contributed by atoms with E-state index in [0.717, 1.165) is 24.8 Å². The molecule has 3 heteroatoms. The number of allylic oxidation sites excluding steroid dienone is 2. The summed E-state index contributed by atoms with van der Waals surface area (Å²) < 4.78 is 6.02. The molecule has 1 saturated heterocycles. The fraction of sp³-hybridized carbons (Fsp3) is 0.800. The largest absolute Gasteiger partial charge is 0.366 e. The average molecular weight is 316 g/mol. The first-order chi connectivity index (χ1) is 10.7. The molecule has 126 valence electrons. The van der Waals surface area contributed by atoms with Gasteiger partial charge in [-0.3, -0.25) is 9.59 Å². The van der Waals surface area contributed by atoms with Gasteiger partial charge in [0.25, 0.3) is 0 Å². The molecule has 4 rings (SSSR count). The molecule has 0 amide bonds. The fourth-order valence-corrected chi connectivity index (χ4v) is 5.54. The quantitative estimate of drug-likeness (QED) is 0.642. The average Bonchev–Trinajstić information content (AvgIpc) is 3.23. The van der Waals surface area contributed by atoms with E-state index in [9.17, 15) is 9.59 Å². The molecule has 0 aromatic carbocycles. The van der Waals surface area contributed by atoms with Gasteiger partial charge >= 0.3 is 0 Å². The maximum absolute atomic E-state index is 13.0. The second-order valence-corrected chi connectivity index (χ2v) is 9.23.